The minimum absolute atomic E-state index is 0.155. The van der Waals surface area contributed by atoms with Gasteiger partial charge in [0.1, 0.15) is 12.7 Å². The second kappa shape index (κ2) is 58.1. The smallest absolute Gasteiger partial charge is 0.462 e. The van der Waals surface area contributed by atoms with E-state index in [4.69, 9.17) is 23.3 Å². The molecule has 0 aromatic heterocycles. The van der Waals surface area contributed by atoms with Gasteiger partial charge in [0.25, 0.3) is 0 Å². The van der Waals surface area contributed by atoms with Crippen molar-refractivity contribution in [2.45, 2.75) is 290 Å². The molecule has 0 aliphatic rings. The monoisotopic (exact) mass is 1090 g/mol. The first-order valence-electron chi connectivity index (χ1n) is 30.8. The third-order valence-electron chi connectivity index (χ3n) is 13.1. The Morgan fingerprint density at radius 1 is 0.382 bits per heavy atom. The molecule has 0 aromatic carbocycles. The van der Waals surface area contributed by atoms with E-state index in [9.17, 15) is 28.9 Å². The Kier molecular flexibility index (Phi) is 55.7. The number of rotatable bonds is 57. The van der Waals surface area contributed by atoms with Crippen molar-refractivity contribution in [1.82, 2.24) is 0 Å². The number of hydrogen-bond acceptors (Lipinski definition) is 10. The van der Waals surface area contributed by atoms with Gasteiger partial charge < -0.3 is 24.2 Å². The van der Waals surface area contributed by atoms with E-state index in [0.717, 1.165) is 128 Å². The van der Waals surface area contributed by atoms with Crippen molar-refractivity contribution in [2.75, 3.05) is 26.4 Å². The molecule has 12 heteroatoms. The second-order valence-corrected chi connectivity index (χ2v) is 21.9. The first-order chi connectivity index (χ1) is 37.2. The zero-order chi connectivity index (χ0) is 55.5. The maximum Gasteiger partial charge on any atom is 0.472 e. The molecule has 0 aromatic rings. The largest absolute Gasteiger partial charge is 0.472 e. The fourth-order valence-electron chi connectivity index (χ4n) is 8.50. The average Bonchev–Trinajstić information content (AvgIpc) is 3.41. The van der Waals surface area contributed by atoms with E-state index < -0.39 is 57.8 Å². The van der Waals surface area contributed by atoms with Gasteiger partial charge in [0.05, 0.1) is 19.8 Å². The lowest BCUT2D eigenvalue weighted by atomic mass is 10.0. The predicted molar refractivity (Wildman–Crippen MR) is 316 cm³/mol. The lowest BCUT2D eigenvalue weighted by Gasteiger charge is -2.21. The zero-order valence-electron chi connectivity index (χ0n) is 48.7. The van der Waals surface area contributed by atoms with Crippen molar-refractivity contribution >= 4 is 25.7 Å². The quantitative estimate of drug-likeness (QED) is 0.0197. The molecule has 0 saturated carbocycles. The summed E-state index contributed by atoms with van der Waals surface area (Å²) in [5.74, 6) is -1.48. The van der Waals surface area contributed by atoms with Crippen LogP contribution < -0.4 is 0 Å². The van der Waals surface area contributed by atoms with Crippen LogP contribution in [-0.4, -0.2) is 66.5 Å². The van der Waals surface area contributed by atoms with E-state index in [-0.39, 0.29) is 25.9 Å². The van der Waals surface area contributed by atoms with Crippen LogP contribution in [0.15, 0.2) is 72.9 Å². The van der Waals surface area contributed by atoms with Gasteiger partial charge in [-0.05, 0) is 83.5 Å². The number of unbranched alkanes of at least 4 members (excludes halogenated alkanes) is 28. The Morgan fingerprint density at radius 3 is 1.05 bits per heavy atom. The van der Waals surface area contributed by atoms with Crippen LogP contribution in [0.4, 0.5) is 0 Å². The third kappa shape index (κ3) is 55.7. The van der Waals surface area contributed by atoms with E-state index in [1.54, 1.807) is 0 Å². The molecular weight excluding hydrogens is 976 g/mol. The number of ether oxygens (including phenoxy) is 3. The summed E-state index contributed by atoms with van der Waals surface area (Å²) in [4.78, 5) is 48.7. The van der Waals surface area contributed by atoms with Crippen LogP contribution in [0, 0.1) is 0 Å². The van der Waals surface area contributed by atoms with E-state index >= 15 is 0 Å². The molecule has 3 atom stereocenters. The minimum atomic E-state index is -4.76. The highest BCUT2D eigenvalue weighted by Gasteiger charge is 2.28. The number of phosphoric acid groups is 1. The first-order valence-corrected chi connectivity index (χ1v) is 32.3. The Labute approximate surface area is 465 Å². The fourth-order valence-corrected chi connectivity index (χ4v) is 9.29. The van der Waals surface area contributed by atoms with Crippen molar-refractivity contribution in [3.8, 4) is 0 Å². The third-order valence-corrected chi connectivity index (χ3v) is 14.1. The Morgan fingerprint density at radius 2 is 0.684 bits per heavy atom. The highest BCUT2D eigenvalue weighted by molar-refractivity contribution is 7.47. The maximum absolute atomic E-state index is 12.9. The van der Waals surface area contributed by atoms with Crippen LogP contribution >= 0.6 is 7.82 Å². The Hall–Kier alpha value is -3.08. The molecule has 440 valence electrons. The topological polar surface area (TPSA) is 155 Å². The van der Waals surface area contributed by atoms with Crippen LogP contribution in [0.3, 0.4) is 0 Å². The molecule has 0 aliphatic heterocycles. The molecule has 0 heterocycles. The molecule has 3 unspecified atom stereocenters. The maximum atomic E-state index is 12.9. The molecule has 0 aliphatic carbocycles. The van der Waals surface area contributed by atoms with Crippen LogP contribution in [0.25, 0.3) is 0 Å². The minimum Gasteiger partial charge on any atom is -0.462 e. The summed E-state index contributed by atoms with van der Waals surface area (Å²) in [7, 11) is -4.76. The number of esters is 3. The van der Waals surface area contributed by atoms with Crippen LogP contribution in [0.1, 0.15) is 278 Å². The standard InChI is InChI=1S/C64H113O11P/c1-4-7-10-13-16-19-22-25-28-30-33-35-38-41-44-47-50-53-62(66)71-57-61(75-64(68)55-52-49-46-43-40-37-34-31-29-26-23-20-17-14-11-8-5-2)59-73-76(69,70)72-58-60(56-65)74-63(67)54-51-48-45-42-39-36-32-27-24-21-18-15-12-9-6-3/h8-9,11-12,17-18,20-21,26-27,29,32,60-61,65H,4-7,10,13-16,19,22-25,28,30-31,33-59H2,1-3H3,(H,69,70)/b11-8-,12-9-,20-17-,21-18-,29-26-,32-27-. The average molecular weight is 1090 g/mol. The number of hydrogen-bond donors (Lipinski definition) is 2. The number of phosphoric ester groups is 1. The second-order valence-electron chi connectivity index (χ2n) is 20.5. The van der Waals surface area contributed by atoms with Gasteiger partial charge in [-0.25, -0.2) is 4.57 Å². The predicted octanol–water partition coefficient (Wildman–Crippen LogP) is 18.5. The van der Waals surface area contributed by atoms with E-state index in [1.807, 2.05) is 0 Å². The van der Waals surface area contributed by atoms with E-state index in [2.05, 4.69) is 93.7 Å². The van der Waals surface area contributed by atoms with Crippen LogP contribution in [-0.2, 0) is 42.2 Å². The van der Waals surface area contributed by atoms with Crippen LogP contribution in [0.5, 0.6) is 0 Å². The molecule has 0 rings (SSSR count). The van der Waals surface area contributed by atoms with Crippen molar-refractivity contribution < 1.29 is 52.2 Å². The molecule has 0 saturated heterocycles. The molecule has 76 heavy (non-hydrogen) atoms. The number of aliphatic hydroxyl groups excluding tert-OH is 1. The van der Waals surface area contributed by atoms with Gasteiger partial charge in [0, 0.05) is 19.3 Å². The fraction of sp³-hybridized carbons (Fsp3) is 0.766. The highest BCUT2D eigenvalue weighted by atomic mass is 31.2. The first kappa shape index (κ1) is 72.9. The molecule has 0 radical (unpaired) electrons. The van der Waals surface area contributed by atoms with Crippen molar-refractivity contribution in [1.29, 1.82) is 0 Å². The lowest BCUT2D eigenvalue weighted by molar-refractivity contribution is -0.161. The van der Waals surface area contributed by atoms with Gasteiger partial charge in [-0.1, -0.05) is 248 Å². The normalized spacial score (nSPS) is 13.8. The summed E-state index contributed by atoms with van der Waals surface area (Å²) < 4.78 is 39.6. The molecule has 0 bridgehead atoms. The molecule has 0 amide bonds. The van der Waals surface area contributed by atoms with Crippen LogP contribution in [0.2, 0.25) is 0 Å². The van der Waals surface area contributed by atoms with Gasteiger partial charge in [-0.15, -0.1) is 0 Å². The Bertz CT molecular complexity index is 1550. The van der Waals surface area contributed by atoms with Gasteiger partial charge in [0.15, 0.2) is 6.10 Å². The van der Waals surface area contributed by atoms with Crippen molar-refractivity contribution in [3.63, 3.8) is 0 Å². The van der Waals surface area contributed by atoms with E-state index in [1.165, 1.54) is 89.9 Å². The highest BCUT2D eigenvalue weighted by Crippen LogP contribution is 2.43. The molecular formula is C64H113O11P. The number of carbonyl (C=O) groups is 3. The molecule has 2 N–H and O–H groups in total. The summed E-state index contributed by atoms with van der Waals surface area (Å²) >= 11 is 0. The van der Waals surface area contributed by atoms with Crippen molar-refractivity contribution in [2.24, 2.45) is 0 Å². The summed E-state index contributed by atoms with van der Waals surface area (Å²) in [6.07, 6.45) is 65.7. The lowest BCUT2D eigenvalue weighted by Crippen LogP contribution is -2.30. The molecule has 11 nitrogen and oxygen atoms in total. The van der Waals surface area contributed by atoms with Crippen molar-refractivity contribution in [3.05, 3.63) is 72.9 Å². The van der Waals surface area contributed by atoms with Gasteiger partial charge in [-0.3, -0.25) is 23.4 Å². The summed E-state index contributed by atoms with van der Waals surface area (Å²) in [5, 5.41) is 9.83. The zero-order valence-corrected chi connectivity index (χ0v) is 49.6. The SMILES string of the molecule is CC/C=C\C/C=C\C/C=C\CCCCCCCCCC(=O)OC(COC(=O)CCCCCCCCCCCCCCCCCCC)COP(=O)(O)OCC(CO)OC(=O)CCCCCCC/C=C\C/C=C\C/C=C\CC. The Balaban J connectivity index is 4.72. The number of aliphatic hydroxyl groups is 1. The van der Waals surface area contributed by atoms with Gasteiger partial charge >= 0.3 is 25.7 Å². The molecule has 0 fully saturated rings. The summed E-state index contributed by atoms with van der Waals surface area (Å²) in [6, 6.07) is 0. The number of allylic oxidation sites excluding steroid dienone is 12. The van der Waals surface area contributed by atoms with Gasteiger partial charge in [-0.2, -0.15) is 0 Å². The molecule has 0 spiro atoms. The van der Waals surface area contributed by atoms with Gasteiger partial charge in [0.2, 0.25) is 0 Å². The summed E-state index contributed by atoms with van der Waals surface area (Å²) in [6.45, 7) is 4.43. The summed E-state index contributed by atoms with van der Waals surface area (Å²) in [5.41, 5.74) is 0. The van der Waals surface area contributed by atoms with E-state index in [0.29, 0.717) is 19.3 Å². The number of carbonyl (C=O) groups excluding carboxylic acids is 3.